The number of hydrogen-bond acceptors (Lipinski definition) is 4. The second kappa shape index (κ2) is 5.79. The average molecular weight is 269 g/mol. The number of nitrogens with one attached hydrogen (secondary N) is 1. The molecule has 102 valence electrons. The summed E-state index contributed by atoms with van der Waals surface area (Å²) in [5, 5.41) is 2.60. The molecular formula is C15H15N3O2. The smallest absolute Gasteiger partial charge is 0.247 e. The third-order valence-corrected chi connectivity index (χ3v) is 2.58. The lowest BCUT2D eigenvalue weighted by molar-refractivity contribution is -0.111. The molecule has 0 heterocycles. The molecule has 0 aliphatic carbocycles. The van der Waals surface area contributed by atoms with Gasteiger partial charge in [-0.25, -0.2) is 0 Å². The first-order valence-electron chi connectivity index (χ1n) is 5.95. The fourth-order valence-corrected chi connectivity index (χ4v) is 1.57. The zero-order valence-electron chi connectivity index (χ0n) is 10.8. The fraction of sp³-hybridized carbons (Fsp3) is 0. The van der Waals surface area contributed by atoms with E-state index in [0.717, 1.165) is 0 Å². The van der Waals surface area contributed by atoms with E-state index in [1.54, 1.807) is 42.5 Å². The molecule has 0 radical (unpaired) electrons. The van der Waals surface area contributed by atoms with E-state index in [4.69, 9.17) is 16.2 Å². The summed E-state index contributed by atoms with van der Waals surface area (Å²) >= 11 is 0. The van der Waals surface area contributed by atoms with E-state index in [9.17, 15) is 4.79 Å². The van der Waals surface area contributed by atoms with Gasteiger partial charge in [0.05, 0.1) is 11.4 Å². The first kappa shape index (κ1) is 13.5. The molecule has 2 rings (SSSR count). The highest BCUT2D eigenvalue weighted by Gasteiger charge is 2.04. The van der Waals surface area contributed by atoms with Crippen molar-refractivity contribution in [2.45, 2.75) is 0 Å². The van der Waals surface area contributed by atoms with Crippen LogP contribution in [0.15, 0.2) is 55.1 Å². The molecule has 0 spiro atoms. The van der Waals surface area contributed by atoms with Gasteiger partial charge < -0.3 is 21.5 Å². The lowest BCUT2D eigenvalue weighted by atomic mass is 10.2. The summed E-state index contributed by atoms with van der Waals surface area (Å²) in [6.45, 7) is 3.38. The third kappa shape index (κ3) is 3.29. The third-order valence-electron chi connectivity index (χ3n) is 2.58. The molecule has 0 saturated heterocycles. The van der Waals surface area contributed by atoms with Crippen molar-refractivity contribution >= 4 is 23.0 Å². The van der Waals surface area contributed by atoms with Crippen molar-refractivity contribution in [3.8, 4) is 11.5 Å². The Labute approximate surface area is 116 Å². The zero-order chi connectivity index (χ0) is 14.5. The van der Waals surface area contributed by atoms with Crippen LogP contribution in [0.4, 0.5) is 17.1 Å². The summed E-state index contributed by atoms with van der Waals surface area (Å²) in [6, 6.07) is 12.0. The Bertz CT molecular complexity index is 636. The maximum atomic E-state index is 11.2. The van der Waals surface area contributed by atoms with Gasteiger partial charge in [-0.3, -0.25) is 4.79 Å². The van der Waals surface area contributed by atoms with Crippen LogP contribution in [-0.4, -0.2) is 5.91 Å². The van der Waals surface area contributed by atoms with E-state index in [2.05, 4.69) is 11.9 Å². The molecule has 5 heteroatoms. The highest BCUT2D eigenvalue weighted by atomic mass is 16.5. The number of ether oxygens (including phenoxy) is 1. The van der Waals surface area contributed by atoms with E-state index in [0.29, 0.717) is 28.6 Å². The van der Waals surface area contributed by atoms with Crippen LogP contribution in [0, 0.1) is 0 Å². The van der Waals surface area contributed by atoms with E-state index in [-0.39, 0.29) is 5.91 Å². The largest absolute Gasteiger partial charge is 0.457 e. The second-order valence-electron chi connectivity index (χ2n) is 4.11. The predicted molar refractivity (Wildman–Crippen MR) is 80.6 cm³/mol. The van der Waals surface area contributed by atoms with Gasteiger partial charge in [0.1, 0.15) is 11.5 Å². The molecule has 2 aromatic rings. The molecule has 0 aromatic heterocycles. The number of carbonyl (C=O) groups excluding carboxylic acids is 1. The normalized spacial score (nSPS) is 9.80. The summed E-state index contributed by atoms with van der Waals surface area (Å²) in [4.78, 5) is 11.2. The van der Waals surface area contributed by atoms with Crippen LogP contribution in [-0.2, 0) is 4.79 Å². The highest BCUT2D eigenvalue weighted by Crippen LogP contribution is 2.28. The van der Waals surface area contributed by atoms with Crippen molar-refractivity contribution in [2.24, 2.45) is 0 Å². The number of carbonyl (C=O) groups is 1. The molecule has 0 aliphatic heterocycles. The lowest BCUT2D eigenvalue weighted by Gasteiger charge is -2.10. The van der Waals surface area contributed by atoms with Gasteiger partial charge in [0, 0.05) is 11.8 Å². The highest BCUT2D eigenvalue weighted by molar-refractivity contribution is 6.00. The van der Waals surface area contributed by atoms with Crippen LogP contribution in [0.2, 0.25) is 0 Å². The standard InChI is InChI=1S/C15H15N3O2/c1-2-15(19)18-14-8-7-12(9-13(14)17)20-11-5-3-10(16)4-6-11/h2-9H,1,16-17H2,(H,18,19). The van der Waals surface area contributed by atoms with Gasteiger partial charge in [0.15, 0.2) is 0 Å². The Balaban J connectivity index is 2.14. The number of hydrogen-bond donors (Lipinski definition) is 3. The SMILES string of the molecule is C=CC(=O)Nc1ccc(Oc2ccc(N)cc2)cc1N. The maximum Gasteiger partial charge on any atom is 0.247 e. The Kier molecular flexibility index (Phi) is 3.91. The number of amides is 1. The molecule has 1 amide bonds. The Morgan fingerprint density at radius 3 is 2.35 bits per heavy atom. The van der Waals surface area contributed by atoms with Crippen molar-refractivity contribution in [1.82, 2.24) is 0 Å². The van der Waals surface area contributed by atoms with Crippen LogP contribution in [0.1, 0.15) is 0 Å². The van der Waals surface area contributed by atoms with Crippen LogP contribution in [0.5, 0.6) is 11.5 Å². The molecule has 20 heavy (non-hydrogen) atoms. The number of rotatable bonds is 4. The van der Waals surface area contributed by atoms with E-state index in [1.165, 1.54) is 6.08 Å². The number of nitrogen functional groups attached to an aromatic ring is 2. The molecule has 2 aromatic carbocycles. The lowest BCUT2D eigenvalue weighted by Crippen LogP contribution is -2.09. The zero-order valence-corrected chi connectivity index (χ0v) is 10.8. The Morgan fingerprint density at radius 2 is 1.75 bits per heavy atom. The summed E-state index contributed by atoms with van der Waals surface area (Å²) in [5.74, 6) is 0.911. The number of benzene rings is 2. The average Bonchev–Trinajstić information content (AvgIpc) is 2.44. The summed E-state index contributed by atoms with van der Waals surface area (Å²) in [6.07, 6.45) is 1.18. The van der Waals surface area contributed by atoms with Crippen molar-refractivity contribution < 1.29 is 9.53 Å². The van der Waals surface area contributed by atoms with Gasteiger partial charge in [-0.1, -0.05) is 6.58 Å². The predicted octanol–water partition coefficient (Wildman–Crippen LogP) is 2.77. The Hall–Kier alpha value is -2.95. The summed E-state index contributed by atoms with van der Waals surface area (Å²) in [7, 11) is 0. The molecular weight excluding hydrogens is 254 g/mol. The van der Waals surface area contributed by atoms with Crippen LogP contribution in [0.3, 0.4) is 0 Å². The monoisotopic (exact) mass is 269 g/mol. The molecule has 0 atom stereocenters. The van der Waals surface area contributed by atoms with E-state index >= 15 is 0 Å². The first-order chi connectivity index (χ1) is 9.58. The van der Waals surface area contributed by atoms with Crippen LogP contribution >= 0.6 is 0 Å². The number of nitrogens with two attached hydrogens (primary N) is 2. The van der Waals surface area contributed by atoms with Crippen molar-refractivity contribution in [3.63, 3.8) is 0 Å². The maximum absolute atomic E-state index is 11.2. The van der Waals surface area contributed by atoms with Crippen molar-refractivity contribution in [3.05, 3.63) is 55.1 Å². The summed E-state index contributed by atoms with van der Waals surface area (Å²) < 4.78 is 5.63. The molecule has 0 aliphatic rings. The van der Waals surface area contributed by atoms with Crippen molar-refractivity contribution in [1.29, 1.82) is 0 Å². The van der Waals surface area contributed by atoms with E-state index < -0.39 is 0 Å². The minimum Gasteiger partial charge on any atom is -0.457 e. The fourth-order valence-electron chi connectivity index (χ4n) is 1.57. The molecule has 5 N–H and O–H groups in total. The van der Waals surface area contributed by atoms with E-state index in [1.807, 2.05) is 0 Å². The van der Waals surface area contributed by atoms with Gasteiger partial charge in [-0.2, -0.15) is 0 Å². The topological polar surface area (TPSA) is 90.4 Å². The van der Waals surface area contributed by atoms with Gasteiger partial charge in [-0.15, -0.1) is 0 Å². The molecule has 0 unspecified atom stereocenters. The van der Waals surface area contributed by atoms with Gasteiger partial charge in [-0.05, 0) is 42.5 Å². The van der Waals surface area contributed by atoms with Crippen LogP contribution in [0.25, 0.3) is 0 Å². The van der Waals surface area contributed by atoms with Gasteiger partial charge >= 0.3 is 0 Å². The first-order valence-corrected chi connectivity index (χ1v) is 5.95. The number of anilines is 3. The molecule has 5 nitrogen and oxygen atoms in total. The minimum atomic E-state index is -0.316. The molecule has 0 bridgehead atoms. The summed E-state index contributed by atoms with van der Waals surface area (Å²) in [5.41, 5.74) is 13.0. The second-order valence-corrected chi connectivity index (χ2v) is 4.11. The quantitative estimate of drug-likeness (QED) is 0.588. The van der Waals surface area contributed by atoms with Gasteiger partial charge in [0.25, 0.3) is 0 Å². The minimum absolute atomic E-state index is 0.316. The van der Waals surface area contributed by atoms with Gasteiger partial charge in [0.2, 0.25) is 5.91 Å². The molecule has 0 saturated carbocycles. The van der Waals surface area contributed by atoms with Crippen molar-refractivity contribution in [2.75, 3.05) is 16.8 Å². The van der Waals surface area contributed by atoms with Crippen LogP contribution < -0.4 is 21.5 Å². The Morgan fingerprint density at radius 1 is 1.10 bits per heavy atom. The molecule has 0 fully saturated rings.